The first-order chi connectivity index (χ1) is 8.97. The van der Waals surface area contributed by atoms with Crippen LogP contribution < -0.4 is 4.74 Å². The van der Waals surface area contributed by atoms with Crippen LogP contribution in [0.4, 0.5) is 13.2 Å². The van der Waals surface area contributed by atoms with Crippen LogP contribution in [0.2, 0.25) is 0 Å². The van der Waals surface area contributed by atoms with Crippen molar-refractivity contribution >= 4 is 0 Å². The fraction of sp³-hybridized carbons (Fsp3) is 0.571. The third kappa shape index (κ3) is 3.86. The summed E-state index contributed by atoms with van der Waals surface area (Å²) in [6.45, 7) is 4.66. The molecule has 0 aliphatic carbocycles. The Labute approximate surface area is 111 Å². The summed E-state index contributed by atoms with van der Waals surface area (Å²) in [6.07, 6.45) is -2.04. The van der Waals surface area contributed by atoms with E-state index >= 15 is 0 Å². The second kappa shape index (κ2) is 5.82. The van der Waals surface area contributed by atoms with Crippen LogP contribution in [0.5, 0.6) is 5.75 Å². The topological polar surface area (TPSA) is 12.5 Å². The summed E-state index contributed by atoms with van der Waals surface area (Å²) in [5.41, 5.74) is -0.104. The molecule has 0 atom stereocenters. The monoisotopic (exact) mass is 273 g/mol. The molecule has 1 heterocycles. The number of likely N-dealkylation sites (tertiary alicyclic amines) is 1. The van der Waals surface area contributed by atoms with Gasteiger partial charge in [0, 0.05) is 6.54 Å². The van der Waals surface area contributed by atoms with E-state index in [1.165, 1.54) is 18.9 Å². The Kier molecular flexibility index (Phi) is 4.34. The molecule has 19 heavy (non-hydrogen) atoms. The van der Waals surface area contributed by atoms with Crippen molar-refractivity contribution < 1.29 is 17.9 Å². The minimum Gasteiger partial charge on any atom is -0.492 e. The quantitative estimate of drug-likeness (QED) is 0.832. The van der Waals surface area contributed by atoms with Gasteiger partial charge in [0.2, 0.25) is 0 Å². The van der Waals surface area contributed by atoms with Gasteiger partial charge >= 0.3 is 6.18 Å². The Balaban J connectivity index is 1.98. The first-order valence-electron chi connectivity index (χ1n) is 6.50. The van der Waals surface area contributed by atoms with Gasteiger partial charge in [0.15, 0.2) is 0 Å². The molecule has 1 fully saturated rings. The molecule has 1 aromatic carbocycles. The molecule has 0 aromatic heterocycles. The molecular weight excluding hydrogens is 255 g/mol. The van der Waals surface area contributed by atoms with Gasteiger partial charge in [0.1, 0.15) is 12.4 Å². The molecule has 0 saturated carbocycles. The van der Waals surface area contributed by atoms with Gasteiger partial charge in [-0.05, 0) is 45.0 Å². The molecule has 0 spiro atoms. The standard InChI is InChI=1S/C14H18F3NO/c1-11-4-5-13(12(10-11)14(15,16)17)19-9-8-18-6-2-3-7-18/h4-5,10H,2-3,6-9H2,1H3. The fourth-order valence-electron chi connectivity index (χ4n) is 2.28. The Morgan fingerprint density at radius 2 is 1.89 bits per heavy atom. The highest BCUT2D eigenvalue weighted by molar-refractivity contribution is 5.38. The van der Waals surface area contributed by atoms with E-state index in [0.717, 1.165) is 19.2 Å². The van der Waals surface area contributed by atoms with Crippen molar-refractivity contribution in [2.45, 2.75) is 25.9 Å². The second-order valence-corrected chi connectivity index (χ2v) is 4.89. The molecule has 0 N–H and O–H groups in total. The Morgan fingerprint density at radius 3 is 2.53 bits per heavy atom. The Bertz CT molecular complexity index is 425. The highest BCUT2D eigenvalue weighted by Gasteiger charge is 2.34. The zero-order chi connectivity index (χ0) is 13.9. The molecule has 0 amide bonds. The molecule has 1 saturated heterocycles. The summed E-state index contributed by atoms with van der Waals surface area (Å²) in [7, 11) is 0. The summed E-state index contributed by atoms with van der Waals surface area (Å²) in [4.78, 5) is 2.21. The van der Waals surface area contributed by atoms with Crippen molar-refractivity contribution in [3.05, 3.63) is 29.3 Å². The van der Waals surface area contributed by atoms with E-state index in [1.807, 2.05) is 0 Å². The summed E-state index contributed by atoms with van der Waals surface area (Å²) in [5.74, 6) is -0.0719. The number of halogens is 3. The van der Waals surface area contributed by atoms with Crippen LogP contribution in [0.25, 0.3) is 0 Å². The van der Waals surface area contributed by atoms with Gasteiger partial charge < -0.3 is 4.74 Å². The first kappa shape index (κ1) is 14.2. The lowest BCUT2D eigenvalue weighted by Crippen LogP contribution is -2.25. The molecule has 1 aliphatic rings. The van der Waals surface area contributed by atoms with Gasteiger partial charge in [0.25, 0.3) is 0 Å². The molecule has 1 aromatic rings. The number of aryl methyl sites for hydroxylation is 1. The average molecular weight is 273 g/mol. The summed E-state index contributed by atoms with van der Waals surface area (Å²) in [5, 5.41) is 0. The van der Waals surface area contributed by atoms with Crippen molar-refractivity contribution in [2.75, 3.05) is 26.2 Å². The summed E-state index contributed by atoms with van der Waals surface area (Å²) >= 11 is 0. The molecule has 0 bridgehead atoms. The molecule has 5 heteroatoms. The zero-order valence-electron chi connectivity index (χ0n) is 11.0. The van der Waals surface area contributed by atoms with E-state index in [0.29, 0.717) is 18.7 Å². The Morgan fingerprint density at radius 1 is 1.21 bits per heavy atom. The number of hydrogen-bond acceptors (Lipinski definition) is 2. The van der Waals surface area contributed by atoms with Gasteiger partial charge in [-0.3, -0.25) is 4.90 Å². The van der Waals surface area contributed by atoms with E-state index < -0.39 is 11.7 Å². The van der Waals surface area contributed by atoms with E-state index in [-0.39, 0.29) is 5.75 Å². The smallest absolute Gasteiger partial charge is 0.419 e. The number of alkyl halides is 3. The van der Waals surface area contributed by atoms with Gasteiger partial charge in [-0.15, -0.1) is 0 Å². The number of benzene rings is 1. The van der Waals surface area contributed by atoms with Gasteiger partial charge in [0.05, 0.1) is 5.56 Å². The molecular formula is C14H18F3NO. The number of hydrogen-bond donors (Lipinski definition) is 0. The number of rotatable bonds is 4. The van der Waals surface area contributed by atoms with Crippen molar-refractivity contribution in [1.82, 2.24) is 4.90 Å². The van der Waals surface area contributed by atoms with Crippen molar-refractivity contribution in [1.29, 1.82) is 0 Å². The van der Waals surface area contributed by atoms with Crippen LogP contribution >= 0.6 is 0 Å². The lowest BCUT2D eigenvalue weighted by atomic mass is 10.1. The van der Waals surface area contributed by atoms with E-state index in [9.17, 15) is 13.2 Å². The van der Waals surface area contributed by atoms with E-state index in [4.69, 9.17) is 4.74 Å². The fourth-order valence-corrected chi connectivity index (χ4v) is 2.28. The second-order valence-electron chi connectivity index (χ2n) is 4.89. The first-order valence-corrected chi connectivity index (χ1v) is 6.50. The molecule has 2 rings (SSSR count). The van der Waals surface area contributed by atoms with Crippen LogP contribution in [-0.4, -0.2) is 31.1 Å². The molecule has 106 valence electrons. The minimum atomic E-state index is -4.37. The molecule has 2 nitrogen and oxygen atoms in total. The predicted octanol–water partition coefficient (Wildman–Crippen LogP) is 3.49. The molecule has 1 aliphatic heterocycles. The SMILES string of the molecule is Cc1ccc(OCCN2CCCC2)c(C(F)(F)F)c1. The maximum atomic E-state index is 12.9. The lowest BCUT2D eigenvalue weighted by molar-refractivity contribution is -0.139. The lowest BCUT2D eigenvalue weighted by Gasteiger charge is -2.17. The van der Waals surface area contributed by atoms with Crippen LogP contribution in [0.15, 0.2) is 18.2 Å². The van der Waals surface area contributed by atoms with E-state index in [2.05, 4.69) is 4.90 Å². The van der Waals surface area contributed by atoms with Crippen LogP contribution in [0, 0.1) is 6.92 Å². The molecule has 0 radical (unpaired) electrons. The van der Waals surface area contributed by atoms with Crippen LogP contribution in [0.1, 0.15) is 24.0 Å². The van der Waals surface area contributed by atoms with Crippen molar-refractivity contribution in [3.8, 4) is 5.75 Å². The zero-order valence-corrected chi connectivity index (χ0v) is 11.0. The normalized spacial score (nSPS) is 16.8. The van der Waals surface area contributed by atoms with Crippen LogP contribution in [0.3, 0.4) is 0 Å². The number of ether oxygens (including phenoxy) is 1. The van der Waals surface area contributed by atoms with Crippen molar-refractivity contribution in [2.24, 2.45) is 0 Å². The predicted molar refractivity (Wildman–Crippen MR) is 67.4 cm³/mol. The average Bonchev–Trinajstić information content (AvgIpc) is 2.83. The van der Waals surface area contributed by atoms with Crippen molar-refractivity contribution in [3.63, 3.8) is 0 Å². The Hall–Kier alpha value is -1.23. The summed E-state index contributed by atoms with van der Waals surface area (Å²) < 4.78 is 43.9. The van der Waals surface area contributed by atoms with Gasteiger partial charge in [-0.2, -0.15) is 13.2 Å². The summed E-state index contributed by atoms with van der Waals surface area (Å²) in [6, 6.07) is 4.17. The van der Waals surface area contributed by atoms with E-state index in [1.54, 1.807) is 13.0 Å². The van der Waals surface area contributed by atoms with Gasteiger partial charge in [-0.25, -0.2) is 0 Å². The highest BCUT2D eigenvalue weighted by Crippen LogP contribution is 2.36. The van der Waals surface area contributed by atoms with Gasteiger partial charge in [-0.1, -0.05) is 11.6 Å². The number of nitrogens with zero attached hydrogens (tertiary/aromatic N) is 1. The highest BCUT2D eigenvalue weighted by atomic mass is 19.4. The maximum Gasteiger partial charge on any atom is 0.419 e. The minimum absolute atomic E-state index is 0.0719. The largest absolute Gasteiger partial charge is 0.492 e. The third-order valence-corrected chi connectivity index (χ3v) is 3.30. The van der Waals surface area contributed by atoms with Crippen LogP contribution in [-0.2, 0) is 6.18 Å². The molecule has 0 unspecified atom stereocenters. The third-order valence-electron chi connectivity index (χ3n) is 3.30. The maximum absolute atomic E-state index is 12.9.